The summed E-state index contributed by atoms with van der Waals surface area (Å²) in [6.07, 6.45) is 2.62. The molecule has 0 aliphatic heterocycles. The number of rotatable bonds is 3. The van der Waals surface area contributed by atoms with Crippen LogP contribution in [0.3, 0.4) is 0 Å². The van der Waals surface area contributed by atoms with E-state index < -0.39 is 0 Å². The van der Waals surface area contributed by atoms with E-state index in [1.165, 1.54) is 16.0 Å². The second-order valence-corrected chi connectivity index (χ2v) is 7.14. The first-order valence-electron chi connectivity index (χ1n) is 7.44. The van der Waals surface area contributed by atoms with Crippen molar-refractivity contribution >= 4 is 32.2 Å². The number of benzene rings is 2. The van der Waals surface area contributed by atoms with Gasteiger partial charge in [0.15, 0.2) is 0 Å². The molecule has 114 valence electrons. The number of fused-ring (bicyclic) bond motifs is 1. The van der Waals surface area contributed by atoms with E-state index in [0.29, 0.717) is 0 Å². The molecule has 23 heavy (non-hydrogen) atoms. The Kier molecular flexibility index (Phi) is 3.75. The molecular weight excluding hydrogens is 370 g/mol. The molecule has 3 nitrogen and oxygen atoms in total. The zero-order chi connectivity index (χ0) is 15.8. The van der Waals surface area contributed by atoms with Crippen LogP contribution in [0.25, 0.3) is 26.7 Å². The third-order valence-corrected chi connectivity index (χ3v) is 5.50. The average Bonchev–Trinajstić information content (AvgIpc) is 3.16. The Bertz CT molecular complexity index is 970. The number of aryl methyl sites for hydroxylation is 1. The summed E-state index contributed by atoms with van der Waals surface area (Å²) in [6.45, 7) is 2.19. The highest BCUT2D eigenvalue weighted by Gasteiger charge is 2.18. The number of hydrogen-bond donors (Lipinski definition) is 0. The van der Waals surface area contributed by atoms with Crippen LogP contribution in [0.15, 0.2) is 59.3 Å². The zero-order valence-electron chi connectivity index (χ0n) is 12.5. The van der Waals surface area contributed by atoms with Crippen LogP contribution in [-0.4, -0.2) is 14.6 Å². The van der Waals surface area contributed by atoms with Crippen LogP contribution in [0.4, 0.5) is 0 Å². The van der Waals surface area contributed by atoms with Crippen molar-refractivity contribution < 1.29 is 0 Å². The first kappa shape index (κ1) is 14.6. The van der Waals surface area contributed by atoms with Crippen LogP contribution in [0, 0.1) is 0 Å². The van der Waals surface area contributed by atoms with E-state index in [-0.39, 0.29) is 0 Å². The van der Waals surface area contributed by atoms with Gasteiger partial charge in [0.25, 0.3) is 0 Å². The molecule has 0 unspecified atom stereocenters. The topological polar surface area (TPSA) is 30.2 Å². The lowest BCUT2D eigenvalue weighted by Crippen LogP contribution is -1.92. The molecule has 2 heterocycles. The van der Waals surface area contributed by atoms with Crippen LogP contribution in [0.1, 0.15) is 12.5 Å². The van der Waals surface area contributed by atoms with Gasteiger partial charge in [-0.15, -0.1) is 0 Å². The van der Waals surface area contributed by atoms with Crippen molar-refractivity contribution in [2.24, 2.45) is 0 Å². The molecule has 4 rings (SSSR count). The minimum absolute atomic E-state index is 0.920. The predicted molar refractivity (Wildman–Crippen MR) is 98.8 cm³/mol. The summed E-state index contributed by atoms with van der Waals surface area (Å²) in [4.78, 5) is 6.53. The maximum Gasteiger partial charge on any atom is 0.213 e. The summed E-state index contributed by atoms with van der Waals surface area (Å²) in [5, 5.41) is 4.42. The molecule has 0 aliphatic rings. The van der Waals surface area contributed by atoms with Crippen LogP contribution in [0.5, 0.6) is 0 Å². The first-order chi connectivity index (χ1) is 11.3. The van der Waals surface area contributed by atoms with Gasteiger partial charge in [-0.25, -0.2) is 9.50 Å². The van der Waals surface area contributed by atoms with Gasteiger partial charge in [0.2, 0.25) is 4.96 Å². The SMILES string of the molecule is CCc1ccccc1-c1sc2ncnn2c1-c1ccc(Br)cc1. The van der Waals surface area contributed by atoms with Crippen molar-refractivity contribution in [1.82, 2.24) is 14.6 Å². The van der Waals surface area contributed by atoms with E-state index in [1.807, 2.05) is 4.52 Å². The summed E-state index contributed by atoms with van der Waals surface area (Å²) in [6, 6.07) is 16.9. The molecule has 0 N–H and O–H groups in total. The lowest BCUT2D eigenvalue weighted by molar-refractivity contribution is 0.985. The standard InChI is InChI=1S/C18H14BrN3S/c1-2-12-5-3-4-6-15(12)17-16(13-7-9-14(19)10-8-13)22-18(23-17)20-11-21-22/h3-11H,2H2,1H3. The summed E-state index contributed by atoms with van der Waals surface area (Å²) in [5.41, 5.74) is 4.86. The van der Waals surface area contributed by atoms with E-state index in [2.05, 4.69) is 81.5 Å². The Hall–Kier alpha value is -1.98. The third kappa shape index (κ3) is 2.50. The van der Waals surface area contributed by atoms with Crippen LogP contribution in [-0.2, 0) is 6.42 Å². The second kappa shape index (κ2) is 5.91. The van der Waals surface area contributed by atoms with E-state index in [0.717, 1.165) is 27.1 Å². The maximum absolute atomic E-state index is 4.42. The van der Waals surface area contributed by atoms with E-state index in [9.17, 15) is 0 Å². The summed E-state index contributed by atoms with van der Waals surface area (Å²) >= 11 is 5.19. The number of nitrogens with zero attached hydrogens (tertiary/aromatic N) is 3. The second-order valence-electron chi connectivity index (χ2n) is 5.25. The van der Waals surface area contributed by atoms with Gasteiger partial charge in [-0.2, -0.15) is 5.10 Å². The Morgan fingerprint density at radius 3 is 2.65 bits per heavy atom. The molecule has 2 aromatic heterocycles. The molecule has 0 radical (unpaired) electrons. The van der Waals surface area contributed by atoms with E-state index in [4.69, 9.17) is 0 Å². The summed E-state index contributed by atoms with van der Waals surface area (Å²) in [5.74, 6) is 0. The minimum Gasteiger partial charge on any atom is -0.206 e. The number of aromatic nitrogens is 3. The van der Waals surface area contributed by atoms with Crippen molar-refractivity contribution in [2.45, 2.75) is 13.3 Å². The number of halogens is 1. The Morgan fingerprint density at radius 2 is 1.87 bits per heavy atom. The molecule has 5 heteroatoms. The van der Waals surface area contributed by atoms with Crippen molar-refractivity contribution in [2.75, 3.05) is 0 Å². The molecular formula is C18H14BrN3S. The van der Waals surface area contributed by atoms with E-state index in [1.54, 1.807) is 17.7 Å². The minimum atomic E-state index is 0.920. The van der Waals surface area contributed by atoms with Crippen molar-refractivity contribution in [3.63, 3.8) is 0 Å². The molecule has 0 bridgehead atoms. The van der Waals surface area contributed by atoms with E-state index >= 15 is 0 Å². The molecule has 4 aromatic rings. The molecule has 0 atom stereocenters. The van der Waals surface area contributed by atoms with Gasteiger partial charge in [-0.05, 0) is 29.7 Å². The normalized spacial score (nSPS) is 11.2. The van der Waals surface area contributed by atoms with Gasteiger partial charge >= 0.3 is 0 Å². The Labute approximate surface area is 146 Å². The maximum atomic E-state index is 4.42. The number of hydrogen-bond acceptors (Lipinski definition) is 3. The molecule has 0 amide bonds. The average molecular weight is 384 g/mol. The van der Waals surface area contributed by atoms with Crippen molar-refractivity contribution in [3.05, 3.63) is 64.9 Å². The highest BCUT2D eigenvalue weighted by molar-refractivity contribution is 9.10. The quantitative estimate of drug-likeness (QED) is 0.470. The van der Waals surface area contributed by atoms with Gasteiger partial charge in [-0.3, -0.25) is 0 Å². The molecule has 2 aromatic carbocycles. The fraction of sp³-hybridized carbons (Fsp3) is 0.111. The van der Waals surface area contributed by atoms with Crippen LogP contribution < -0.4 is 0 Å². The monoisotopic (exact) mass is 383 g/mol. The highest BCUT2D eigenvalue weighted by atomic mass is 79.9. The van der Waals surface area contributed by atoms with Gasteiger partial charge in [0.1, 0.15) is 6.33 Å². The molecule has 0 fully saturated rings. The highest BCUT2D eigenvalue weighted by Crippen LogP contribution is 2.40. The summed E-state index contributed by atoms with van der Waals surface area (Å²) < 4.78 is 3.01. The number of thiazole rings is 1. The van der Waals surface area contributed by atoms with Crippen LogP contribution >= 0.6 is 27.3 Å². The Morgan fingerprint density at radius 1 is 1.09 bits per heavy atom. The first-order valence-corrected chi connectivity index (χ1v) is 9.05. The van der Waals surface area contributed by atoms with Crippen molar-refractivity contribution in [1.29, 1.82) is 0 Å². The molecule has 0 saturated carbocycles. The largest absolute Gasteiger partial charge is 0.213 e. The fourth-order valence-corrected chi connectivity index (χ4v) is 4.17. The Balaban J connectivity index is 2.02. The van der Waals surface area contributed by atoms with Gasteiger partial charge in [-0.1, -0.05) is 70.6 Å². The molecule has 0 aliphatic carbocycles. The van der Waals surface area contributed by atoms with Gasteiger partial charge in [0.05, 0.1) is 10.6 Å². The lowest BCUT2D eigenvalue weighted by atomic mass is 10.0. The predicted octanol–water partition coefficient (Wildman–Crippen LogP) is 5.45. The molecule has 0 saturated heterocycles. The van der Waals surface area contributed by atoms with Crippen molar-refractivity contribution in [3.8, 4) is 21.7 Å². The van der Waals surface area contributed by atoms with Gasteiger partial charge < -0.3 is 0 Å². The molecule has 0 spiro atoms. The zero-order valence-corrected chi connectivity index (χ0v) is 14.9. The third-order valence-electron chi connectivity index (χ3n) is 3.90. The lowest BCUT2D eigenvalue weighted by Gasteiger charge is -2.09. The summed E-state index contributed by atoms with van der Waals surface area (Å²) in [7, 11) is 0. The smallest absolute Gasteiger partial charge is 0.206 e. The fourth-order valence-electron chi connectivity index (χ4n) is 2.78. The van der Waals surface area contributed by atoms with Gasteiger partial charge in [0, 0.05) is 10.0 Å². The van der Waals surface area contributed by atoms with Crippen LogP contribution in [0.2, 0.25) is 0 Å².